The van der Waals surface area contributed by atoms with Crippen molar-refractivity contribution in [1.29, 1.82) is 0 Å². The number of fused-ring (bicyclic) bond motifs is 1. The van der Waals surface area contributed by atoms with Crippen LogP contribution in [0.15, 0.2) is 41.1 Å². The van der Waals surface area contributed by atoms with Gasteiger partial charge in [-0.05, 0) is 42.7 Å². The summed E-state index contributed by atoms with van der Waals surface area (Å²) in [4.78, 5) is 6.55. The molecule has 2 fully saturated rings. The molecule has 2 aromatic rings. The topological polar surface area (TPSA) is 47.7 Å². The zero-order valence-electron chi connectivity index (χ0n) is 14.8. The van der Waals surface area contributed by atoms with Gasteiger partial charge in [-0.2, -0.15) is 0 Å². The van der Waals surface area contributed by atoms with Gasteiger partial charge < -0.3 is 13.9 Å². The number of rotatable bonds is 6. The first kappa shape index (κ1) is 16.8. The zero-order valence-corrected chi connectivity index (χ0v) is 14.8. The normalized spacial score (nSPS) is 26.7. The smallest absolute Gasteiger partial charge is 0.118 e. The average molecular weight is 342 g/mol. The fourth-order valence-electron chi connectivity index (χ4n) is 3.95. The first-order chi connectivity index (χ1) is 12.3. The molecule has 2 aromatic heterocycles. The minimum Gasteiger partial charge on any atom is -0.465 e. The molecule has 0 unspecified atom stereocenters. The number of pyridine rings is 1. The van der Waals surface area contributed by atoms with Gasteiger partial charge >= 0.3 is 0 Å². The second-order valence-electron chi connectivity index (χ2n) is 6.88. The molecule has 0 radical (unpaired) electrons. The second kappa shape index (κ2) is 7.68. The highest BCUT2D eigenvalue weighted by molar-refractivity contribution is 5.09. The second-order valence-corrected chi connectivity index (χ2v) is 6.88. The number of furan rings is 1. The van der Waals surface area contributed by atoms with Crippen molar-refractivity contribution >= 4 is 0 Å². The number of aromatic nitrogens is 1. The van der Waals surface area contributed by atoms with E-state index in [4.69, 9.17) is 13.9 Å². The van der Waals surface area contributed by atoms with E-state index in [1.54, 1.807) is 0 Å². The maximum atomic E-state index is 6.18. The molecule has 25 heavy (non-hydrogen) atoms. The Morgan fingerprint density at radius 2 is 2.00 bits per heavy atom. The minimum atomic E-state index is 0.163. The van der Waals surface area contributed by atoms with Crippen molar-refractivity contribution in [2.24, 2.45) is 0 Å². The van der Waals surface area contributed by atoms with Crippen molar-refractivity contribution in [2.45, 2.75) is 57.6 Å². The quantitative estimate of drug-likeness (QED) is 0.807. The lowest BCUT2D eigenvalue weighted by Gasteiger charge is -2.38. The van der Waals surface area contributed by atoms with Crippen LogP contribution in [0, 0.1) is 0 Å². The summed E-state index contributed by atoms with van der Waals surface area (Å²) in [5, 5.41) is 0. The van der Waals surface area contributed by atoms with Crippen LogP contribution in [0.2, 0.25) is 0 Å². The summed E-state index contributed by atoms with van der Waals surface area (Å²) >= 11 is 0. The molecule has 134 valence electrons. The SMILES string of the molecule is CCc1ccc(CN2CCO[C@H]3[C@@H](OCc4ccncc4)CC[C@@H]32)o1. The molecule has 5 nitrogen and oxygen atoms in total. The monoisotopic (exact) mass is 342 g/mol. The van der Waals surface area contributed by atoms with E-state index in [-0.39, 0.29) is 12.2 Å². The predicted molar refractivity (Wildman–Crippen MR) is 94.1 cm³/mol. The highest BCUT2D eigenvalue weighted by atomic mass is 16.5. The van der Waals surface area contributed by atoms with Gasteiger partial charge in [0.1, 0.15) is 11.5 Å². The molecule has 3 atom stereocenters. The molecule has 0 spiro atoms. The molecule has 0 bridgehead atoms. The van der Waals surface area contributed by atoms with Crippen LogP contribution in [-0.2, 0) is 29.0 Å². The van der Waals surface area contributed by atoms with Crippen LogP contribution in [0.5, 0.6) is 0 Å². The van der Waals surface area contributed by atoms with Crippen molar-refractivity contribution in [3.05, 3.63) is 53.7 Å². The van der Waals surface area contributed by atoms with E-state index in [1.807, 2.05) is 24.5 Å². The van der Waals surface area contributed by atoms with Crippen LogP contribution in [0.25, 0.3) is 0 Å². The zero-order chi connectivity index (χ0) is 17.1. The van der Waals surface area contributed by atoms with Gasteiger partial charge in [0.25, 0.3) is 0 Å². The van der Waals surface area contributed by atoms with Gasteiger partial charge in [-0.3, -0.25) is 9.88 Å². The number of hydrogen-bond acceptors (Lipinski definition) is 5. The standard InChI is InChI=1S/C20H26N2O3/c1-2-16-3-4-17(25-16)13-22-11-12-23-20-18(22)5-6-19(20)24-14-15-7-9-21-10-8-15/h3-4,7-10,18-20H,2,5-6,11-14H2,1H3/t18-,19-,20+/m0/s1. The van der Waals surface area contributed by atoms with E-state index in [2.05, 4.69) is 28.9 Å². The van der Waals surface area contributed by atoms with Crippen molar-refractivity contribution in [3.8, 4) is 0 Å². The van der Waals surface area contributed by atoms with Crippen LogP contribution in [0.4, 0.5) is 0 Å². The molecule has 0 N–H and O–H groups in total. The predicted octanol–water partition coefficient (Wildman–Crippen LogP) is 3.19. The Morgan fingerprint density at radius 1 is 1.16 bits per heavy atom. The highest BCUT2D eigenvalue weighted by Crippen LogP contribution is 2.33. The maximum Gasteiger partial charge on any atom is 0.118 e. The average Bonchev–Trinajstić information content (AvgIpc) is 3.28. The highest BCUT2D eigenvalue weighted by Gasteiger charge is 2.43. The first-order valence-electron chi connectivity index (χ1n) is 9.27. The Kier molecular flexibility index (Phi) is 5.15. The van der Waals surface area contributed by atoms with Crippen LogP contribution < -0.4 is 0 Å². The van der Waals surface area contributed by atoms with E-state index >= 15 is 0 Å². The molecular weight excluding hydrogens is 316 g/mol. The minimum absolute atomic E-state index is 0.163. The van der Waals surface area contributed by atoms with E-state index < -0.39 is 0 Å². The van der Waals surface area contributed by atoms with Crippen molar-refractivity contribution in [1.82, 2.24) is 9.88 Å². The molecule has 2 aliphatic rings. The largest absolute Gasteiger partial charge is 0.465 e. The summed E-state index contributed by atoms with van der Waals surface area (Å²) in [5.74, 6) is 2.11. The van der Waals surface area contributed by atoms with Crippen LogP contribution in [0.1, 0.15) is 36.8 Å². The van der Waals surface area contributed by atoms with E-state index in [0.717, 1.165) is 56.0 Å². The Hall–Kier alpha value is -1.69. The molecule has 5 heteroatoms. The molecule has 1 saturated heterocycles. The lowest BCUT2D eigenvalue weighted by Crippen LogP contribution is -2.51. The van der Waals surface area contributed by atoms with Gasteiger partial charge in [0, 0.05) is 31.4 Å². The summed E-state index contributed by atoms with van der Waals surface area (Å²) in [6.07, 6.45) is 7.06. The molecular formula is C20H26N2O3. The van der Waals surface area contributed by atoms with E-state index in [1.165, 1.54) is 0 Å². The first-order valence-corrected chi connectivity index (χ1v) is 9.27. The van der Waals surface area contributed by atoms with Crippen LogP contribution in [-0.4, -0.2) is 41.3 Å². The maximum absolute atomic E-state index is 6.18. The third-order valence-electron chi connectivity index (χ3n) is 5.29. The third-order valence-corrected chi connectivity index (χ3v) is 5.29. The molecule has 3 heterocycles. The Bertz CT molecular complexity index is 673. The summed E-state index contributed by atoms with van der Waals surface area (Å²) in [6, 6.07) is 8.62. The van der Waals surface area contributed by atoms with Crippen molar-refractivity contribution < 1.29 is 13.9 Å². The number of nitrogens with zero attached hydrogens (tertiary/aromatic N) is 2. The fourth-order valence-corrected chi connectivity index (χ4v) is 3.95. The van der Waals surface area contributed by atoms with Gasteiger partial charge in [-0.15, -0.1) is 0 Å². The lowest BCUT2D eigenvalue weighted by atomic mass is 10.1. The molecule has 0 aromatic carbocycles. The molecule has 1 saturated carbocycles. The fraction of sp³-hybridized carbons (Fsp3) is 0.550. The molecule has 4 rings (SSSR count). The summed E-state index contributed by atoms with van der Waals surface area (Å²) in [7, 11) is 0. The lowest BCUT2D eigenvalue weighted by molar-refractivity contribution is -0.119. The Balaban J connectivity index is 1.36. The van der Waals surface area contributed by atoms with Gasteiger partial charge in [-0.1, -0.05) is 6.92 Å². The molecule has 1 aliphatic carbocycles. The van der Waals surface area contributed by atoms with Gasteiger partial charge in [-0.25, -0.2) is 0 Å². The number of ether oxygens (including phenoxy) is 2. The van der Waals surface area contributed by atoms with Gasteiger partial charge in [0.2, 0.25) is 0 Å². The van der Waals surface area contributed by atoms with Crippen molar-refractivity contribution in [2.75, 3.05) is 13.2 Å². The van der Waals surface area contributed by atoms with E-state index in [9.17, 15) is 0 Å². The summed E-state index contributed by atoms with van der Waals surface area (Å²) < 4.78 is 18.2. The van der Waals surface area contributed by atoms with Crippen LogP contribution in [0.3, 0.4) is 0 Å². The third kappa shape index (κ3) is 3.78. The summed E-state index contributed by atoms with van der Waals surface area (Å²) in [5.41, 5.74) is 1.16. The van der Waals surface area contributed by atoms with Gasteiger partial charge in [0.15, 0.2) is 0 Å². The summed E-state index contributed by atoms with van der Waals surface area (Å²) in [6.45, 7) is 5.33. The van der Waals surface area contributed by atoms with Crippen molar-refractivity contribution in [3.63, 3.8) is 0 Å². The van der Waals surface area contributed by atoms with Crippen LogP contribution >= 0.6 is 0 Å². The number of hydrogen-bond donors (Lipinski definition) is 0. The Labute approximate surface area is 148 Å². The number of aryl methyl sites for hydroxylation is 1. The molecule has 1 aliphatic heterocycles. The number of morpholine rings is 1. The Morgan fingerprint density at radius 3 is 2.80 bits per heavy atom. The van der Waals surface area contributed by atoms with E-state index in [0.29, 0.717) is 12.6 Å². The molecule has 0 amide bonds. The van der Waals surface area contributed by atoms with Gasteiger partial charge in [0.05, 0.1) is 32.0 Å².